The molecule has 0 aliphatic carbocycles. The molecule has 1 aromatic carbocycles. The van der Waals surface area contributed by atoms with Crippen molar-refractivity contribution >= 4 is 15.7 Å². The van der Waals surface area contributed by atoms with Crippen LogP contribution in [0, 0.1) is 11.3 Å². The van der Waals surface area contributed by atoms with Crippen LogP contribution in [0.25, 0.3) is 0 Å². The Morgan fingerprint density at radius 3 is 2.36 bits per heavy atom. The highest BCUT2D eigenvalue weighted by molar-refractivity contribution is 7.91. The number of aliphatic hydroxyl groups is 1. The van der Waals surface area contributed by atoms with Gasteiger partial charge in [0.2, 0.25) is 15.7 Å². The number of halogens is 2. The fraction of sp³-hybridized carbons (Fsp3) is 0.385. The molecule has 1 amide bonds. The van der Waals surface area contributed by atoms with Gasteiger partial charge in [0.05, 0.1) is 17.0 Å². The van der Waals surface area contributed by atoms with Gasteiger partial charge in [-0.25, -0.2) is 17.2 Å². The van der Waals surface area contributed by atoms with Gasteiger partial charge in [-0.3, -0.25) is 4.79 Å². The highest BCUT2D eigenvalue weighted by Gasteiger charge is 2.23. The molecule has 1 rings (SSSR count). The molecule has 0 fully saturated rings. The molecule has 6 nitrogen and oxygen atoms in total. The molecule has 0 aliphatic heterocycles. The van der Waals surface area contributed by atoms with Crippen molar-refractivity contribution in [3.05, 3.63) is 29.8 Å². The highest BCUT2D eigenvalue weighted by atomic mass is 32.2. The predicted octanol–water partition coefficient (Wildman–Crippen LogP) is 0.789. The van der Waals surface area contributed by atoms with Crippen molar-refractivity contribution in [3.8, 4) is 6.07 Å². The van der Waals surface area contributed by atoms with E-state index in [1.165, 1.54) is 12.1 Å². The maximum absolute atomic E-state index is 12.9. The number of hydrogen-bond donors (Lipinski definition) is 2. The van der Waals surface area contributed by atoms with E-state index < -0.39 is 47.0 Å². The molecule has 2 N–H and O–H groups in total. The Balaban J connectivity index is 2.90. The first-order chi connectivity index (χ1) is 10.4. The van der Waals surface area contributed by atoms with Crippen LogP contribution in [-0.4, -0.2) is 38.2 Å². The SMILES string of the molecule is N#CCC(=O)N[C@H](CF)[C@H](O)c1ccc(S(=O)(=O)CF)cc1. The van der Waals surface area contributed by atoms with Crippen molar-refractivity contribution in [2.75, 3.05) is 12.7 Å². The molecular weight excluding hydrogens is 318 g/mol. The van der Waals surface area contributed by atoms with E-state index >= 15 is 0 Å². The smallest absolute Gasteiger partial charge is 0.234 e. The number of aliphatic hydroxyl groups excluding tert-OH is 1. The lowest BCUT2D eigenvalue weighted by molar-refractivity contribution is -0.121. The Labute approximate surface area is 126 Å². The fourth-order valence-corrected chi connectivity index (χ4v) is 2.38. The van der Waals surface area contributed by atoms with Gasteiger partial charge >= 0.3 is 0 Å². The number of amides is 1. The summed E-state index contributed by atoms with van der Waals surface area (Å²) in [5.41, 5.74) is 0.151. The van der Waals surface area contributed by atoms with Crippen LogP contribution in [0.3, 0.4) is 0 Å². The van der Waals surface area contributed by atoms with Crippen LogP contribution in [0.4, 0.5) is 8.78 Å². The molecule has 22 heavy (non-hydrogen) atoms. The third-order valence-electron chi connectivity index (χ3n) is 2.86. The lowest BCUT2D eigenvalue weighted by Gasteiger charge is -2.21. The maximum atomic E-state index is 12.9. The summed E-state index contributed by atoms with van der Waals surface area (Å²) in [4.78, 5) is 11.0. The minimum absolute atomic E-state index is 0.151. The van der Waals surface area contributed by atoms with Crippen LogP contribution in [0.15, 0.2) is 29.2 Å². The fourth-order valence-electron chi connectivity index (χ4n) is 1.70. The third-order valence-corrected chi connectivity index (χ3v) is 4.14. The number of rotatable bonds is 7. The first-order valence-electron chi connectivity index (χ1n) is 6.14. The van der Waals surface area contributed by atoms with Crippen molar-refractivity contribution in [3.63, 3.8) is 0 Å². The van der Waals surface area contributed by atoms with E-state index in [1.807, 2.05) is 0 Å². The van der Waals surface area contributed by atoms with E-state index in [1.54, 1.807) is 6.07 Å². The minimum atomic E-state index is -4.02. The Morgan fingerprint density at radius 2 is 1.91 bits per heavy atom. The number of sulfone groups is 1. The van der Waals surface area contributed by atoms with Crippen molar-refractivity contribution < 1.29 is 27.1 Å². The molecule has 0 aliphatic rings. The second-order valence-electron chi connectivity index (χ2n) is 4.40. The van der Waals surface area contributed by atoms with Gasteiger partial charge < -0.3 is 10.4 Å². The van der Waals surface area contributed by atoms with Crippen LogP contribution in [-0.2, 0) is 14.6 Å². The highest BCUT2D eigenvalue weighted by Crippen LogP contribution is 2.20. The average molecular weight is 332 g/mol. The van der Waals surface area contributed by atoms with E-state index in [4.69, 9.17) is 5.26 Å². The maximum Gasteiger partial charge on any atom is 0.234 e. The van der Waals surface area contributed by atoms with Gasteiger partial charge in [0.1, 0.15) is 19.2 Å². The second-order valence-corrected chi connectivity index (χ2v) is 6.32. The molecular formula is C13H14F2N2O4S. The number of nitrogens with zero attached hydrogens (tertiary/aromatic N) is 1. The molecule has 0 bridgehead atoms. The summed E-state index contributed by atoms with van der Waals surface area (Å²) in [5, 5.41) is 20.5. The number of alkyl halides is 2. The van der Waals surface area contributed by atoms with Crippen molar-refractivity contribution in [1.29, 1.82) is 5.26 Å². The quantitative estimate of drug-likeness (QED) is 0.767. The molecule has 1 aromatic rings. The third kappa shape index (κ3) is 4.47. The summed E-state index contributed by atoms with van der Waals surface area (Å²) in [6.07, 6.45) is -1.91. The van der Waals surface area contributed by atoms with Crippen molar-refractivity contribution in [2.45, 2.75) is 23.5 Å². The summed E-state index contributed by atoms with van der Waals surface area (Å²) in [5.74, 6) is -0.735. The number of carbonyl (C=O) groups excluding carboxylic acids is 1. The molecule has 0 saturated carbocycles. The van der Waals surface area contributed by atoms with E-state index in [0.717, 1.165) is 12.1 Å². The van der Waals surface area contributed by atoms with Crippen LogP contribution >= 0.6 is 0 Å². The molecule has 0 radical (unpaired) electrons. The summed E-state index contributed by atoms with van der Waals surface area (Å²) >= 11 is 0. The molecule has 120 valence electrons. The van der Waals surface area contributed by atoms with Crippen LogP contribution < -0.4 is 5.32 Å². The summed E-state index contributed by atoms with van der Waals surface area (Å²) in [6, 6.07) is 3.33. The predicted molar refractivity (Wildman–Crippen MR) is 72.7 cm³/mol. The molecule has 2 atom stereocenters. The monoisotopic (exact) mass is 332 g/mol. The van der Waals surface area contributed by atoms with E-state index in [9.17, 15) is 27.1 Å². The van der Waals surface area contributed by atoms with Crippen molar-refractivity contribution in [2.24, 2.45) is 0 Å². The van der Waals surface area contributed by atoms with E-state index in [2.05, 4.69) is 5.32 Å². The summed E-state index contributed by atoms with van der Waals surface area (Å²) in [7, 11) is -4.02. The summed E-state index contributed by atoms with van der Waals surface area (Å²) in [6.45, 7) is -1.08. The van der Waals surface area contributed by atoms with E-state index in [0.29, 0.717) is 0 Å². The summed E-state index contributed by atoms with van der Waals surface area (Å²) < 4.78 is 47.9. The number of carbonyl (C=O) groups is 1. The molecule has 0 heterocycles. The Bertz CT molecular complexity index is 656. The number of hydrogen-bond acceptors (Lipinski definition) is 5. The number of benzene rings is 1. The zero-order valence-electron chi connectivity index (χ0n) is 11.4. The van der Waals surface area contributed by atoms with Crippen LogP contribution in [0.2, 0.25) is 0 Å². The van der Waals surface area contributed by atoms with Gasteiger partial charge in [-0.1, -0.05) is 12.1 Å². The van der Waals surface area contributed by atoms with Gasteiger partial charge in [-0.05, 0) is 17.7 Å². The lowest BCUT2D eigenvalue weighted by atomic mass is 10.0. The zero-order chi connectivity index (χ0) is 16.8. The standard InChI is InChI=1S/C13H14F2N2O4S/c14-7-11(17-12(18)5-6-16)13(19)9-1-3-10(4-2-9)22(20,21)8-15/h1-4,11,13,19H,5,7-8H2,(H,17,18)/t11-,13-/m1/s1. The van der Waals surface area contributed by atoms with Gasteiger partial charge in [-0.2, -0.15) is 5.26 Å². The molecule has 0 saturated heterocycles. The van der Waals surface area contributed by atoms with Gasteiger partial charge in [0, 0.05) is 0 Å². The largest absolute Gasteiger partial charge is 0.386 e. The molecule has 0 aromatic heterocycles. The topological polar surface area (TPSA) is 107 Å². The van der Waals surface area contributed by atoms with Gasteiger partial charge in [0.15, 0.2) is 6.01 Å². The number of nitrogens with one attached hydrogen (secondary N) is 1. The molecule has 0 unspecified atom stereocenters. The normalized spacial score (nSPS) is 13.9. The van der Waals surface area contributed by atoms with Gasteiger partial charge in [-0.15, -0.1) is 0 Å². The first-order valence-corrected chi connectivity index (χ1v) is 7.80. The molecule has 0 spiro atoms. The van der Waals surface area contributed by atoms with Crippen LogP contribution in [0.5, 0.6) is 0 Å². The Kier molecular flexibility index (Phi) is 6.39. The number of nitriles is 1. The zero-order valence-corrected chi connectivity index (χ0v) is 12.2. The second kappa shape index (κ2) is 7.82. The van der Waals surface area contributed by atoms with Gasteiger partial charge in [0.25, 0.3) is 0 Å². The molecule has 9 heteroatoms. The lowest BCUT2D eigenvalue weighted by Crippen LogP contribution is -2.40. The van der Waals surface area contributed by atoms with Crippen LogP contribution in [0.1, 0.15) is 18.1 Å². The Morgan fingerprint density at radius 1 is 1.32 bits per heavy atom. The minimum Gasteiger partial charge on any atom is -0.386 e. The average Bonchev–Trinajstić information content (AvgIpc) is 2.52. The van der Waals surface area contributed by atoms with Crippen molar-refractivity contribution in [1.82, 2.24) is 5.32 Å². The Hall–Kier alpha value is -2.05. The first kappa shape index (κ1) is 18.0. The van der Waals surface area contributed by atoms with E-state index in [-0.39, 0.29) is 10.5 Å².